The fourth-order valence-corrected chi connectivity index (χ4v) is 2.12. The minimum absolute atomic E-state index is 0.289. The first-order chi connectivity index (χ1) is 10.2. The lowest BCUT2D eigenvalue weighted by atomic mass is 10.1. The molecule has 0 saturated heterocycles. The van der Waals surface area contributed by atoms with E-state index in [-0.39, 0.29) is 11.4 Å². The largest absolute Gasteiger partial charge is 0.480 e. The second-order valence-corrected chi connectivity index (χ2v) is 4.48. The molecule has 1 N–H and O–H groups in total. The fourth-order valence-electron chi connectivity index (χ4n) is 1.80. The first-order valence-electron chi connectivity index (χ1n) is 5.77. The van der Waals surface area contributed by atoms with E-state index in [4.69, 9.17) is 5.11 Å². The lowest BCUT2D eigenvalue weighted by molar-refractivity contribution is -0.393. The molecule has 0 radical (unpaired) electrons. The molecule has 11 heteroatoms. The average Bonchev–Trinajstić information content (AvgIpc) is 2.42. The molecule has 1 rings (SSSR count). The summed E-state index contributed by atoms with van der Waals surface area (Å²) in [6.45, 7) is 1.03. The van der Waals surface area contributed by atoms with E-state index in [1.165, 1.54) is 0 Å². The first-order valence-corrected chi connectivity index (χ1v) is 6.40. The van der Waals surface area contributed by atoms with E-state index in [0.717, 1.165) is 19.1 Å². The summed E-state index contributed by atoms with van der Waals surface area (Å²) < 4.78 is 0. The van der Waals surface area contributed by atoms with Crippen molar-refractivity contribution in [3.63, 3.8) is 0 Å². The molecular weight excluding hydrogens is 318 g/mol. The van der Waals surface area contributed by atoms with Gasteiger partial charge in [0.05, 0.1) is 15.9 Å². The van der Waals surface area contributed by atoms with Gasteiger partial charge in [0.2, 0.25) is 5.91 Å². The van der Waals surface area contributed by atoms with Crippen molar-refractivity contribution in [1.82, 2.24) is 0 Å². The number of nitrogens with zero attached hydrogens (tertiary/aromatic N) is 3. The van der Waals surface area contributed by atoms with Gasteiger partial charge < -0.3 is 5.11 Å². The molecular formula is C11H11N3O7S. The number of amides is 1. The van der Waals surface area contributed by atoms with Gasteiger partial charge in [-0.3, -0.25) is 29.9 Å². The number of benzene rings is 1. The maximum absolute atomic E-state index is 11.7. The van der Waals surface area contributed by atoms with Crippen LogP contribution >= 0.6 is 12.6 Å². The van der Waals surface area contributed by atoms with Gasteiger partial charge in [0.25, 0.3) is 11.4 Å². The summed E-state index contributed by atoms with van der Waals surface area (Å²) in [6, 6.07) is 1.15. The van der Waals surface area contributed by atoms with Crippen molar-refractivity contribution >= 4 is 41.6 Å². The van der Waals surface area contributed by atoms with E-state index in [0.29, 0.717) is 11.0 Å². The second kappa shape index (κ2) is 6.85. The van der Waals surface area contributed by atoms with Gasteiger partial charge in [0.15, 0.2) is 0 Å². The lowest BCUT2D eigenvalue weighted by Gasteiger charge is -2.26. The normalized spacial score (nSPS) is 11.5. The van der Waals surface area contributed by atoms with Gasteiger partial charge in [0.1, 0.15) is 11.7 Å². The minimum atomic E-state index is -1.44. The predicted octanol–water partition coefficient (Wildman–Crippen LogP) is 1.24. The van der Waals surface area contributed by atoms with Gasteiger partial charge in [-0.15, -0.1) is 0 Å². The average molecular weight is 329 g/mol. The number of anilines is 1. The molecule has 10 nitrogen and oxygen atoms in total. The standard InChI is InChI=1S/C11H11N3O7S/c1-6(15)12(10(5-22)11(16)17)8-3-2-7(13(18)19)4-9(8)14(20)21/h2-4,10,22H,5H2,1H3,(H,16,17). The predicted molar refractivity (Wildman–Crippen MR) is 78.2 cm³/mol. The highest BCUT2D eigenvalue weighted by molar-refractivity contribution is 7.80. The fraction of sp³-hybridized carbons (Fsp3) is 0.273. The van der Waals surface area contributed by atoms with E-state index in [2.05, 4.69) is 12.6 Å². The maximum atomic E-state index is 11.7. The Kier molecular flexibility index (Phi) is 5.40. The van der Waals surface area contributed by atoms with Gasteiger partial charge in [-0.2, -0.15) is 12.6 Å². The van der Waals surface area contributed by atoms with Gasteiger partial charge in [-0.25, -0.2) is 4.79 Å². The quantitative estimate of drug-likeness (QED) is 0.454. The molecule has 1 amide bonds. The van der Waals surface area contributed by atoms with E-state index < -0.39 is 39.1 Å². The number of nitro benzene ring substituents is 2. The zero-order valence-corrected chi connectivity index (χ0v) is 12.1. The van der Waals surface area contributed by atoms with E-state index in [9.17, 15) is 29.8 Å². The number of hydrogen-bond acceptors (Lipinski definition) is 7. The molecule has 1 atom stereocenters. The molecule has 1 unspecified atom stereocenters. The van der Waals surface area contributed by atoms with Crippen LogP contribution in [-0.4, -0.2) is 38.6 Å². The van der Waals surface area contributed by atoms with Crippen LogP contribution in [0.25, 0.3) is 0 Å². The summed E-state index contributed by atoms with van der Waals surface area (Å²) in [7, 11) is 0. The molecule has 0 aliphatic carbocycles. The molecule has 0 heterocycles. The molecule has 0 saturated carbocycles. The minimum Gasteiger partial charge on any atom is -0.480 e. The van der Waals surface area contributed by atoms with Crippen molar-refractivity contribution in [2.75, 3.05) is 10.7 Å². The molecule has 0 fully saturated rings. The van der Waals surface area contributed by atoms with Crippen LogP contribution in [-0.2, 0) is 9.59 Å². The monoisotopic (exact) mass is 329 g/mol. The SMILES string of the molecule is CC(=O)N(c1ccc([N+](=O)[O-])cc1[N+](=O)[O-])C(CS)C(=O)O. The molecule has 22 heavy (non-hydrogen) atoms. The lowest BCUT2D eigenvalue weighted by Crippen LogP contribution is -2.46. The number of hydrogen-bond donors (Lipinski definition) is 2. The van der Waals surface area contributed by atoms with Crippen molar-refractivity contribution in [1.29, 1.82) is 0 Å². The maximum Gasteiger partial charge on any atom is 0.327 e. The summed E-state index contributed by atoms with van der Waals surface area (Å²) in [4.78, 5) is 43.6. The van der Waals surface area contributed by atoms with Gasteiger partial charge in [-0.05, 0) is 6.07 Å². The zero-order valence-electron chi connectivity index (χ0n) is 11.2. The third kappa shape index (κ3) is 3.49. The number of carbonyl (C=O) groups is 2. The molecule has 118 valence electrons. The number of carboxylic acids is 1. The van der Waals surface area contributed by atoms with E-state index in [1.807, 2.05) is 0 Å². The smallest absolute Gasteiger partial charge is 0.327 e. The van der Waals surface area contributed by atoms with Crippen LogP contribution < -0.4 is 4.90 Å². The van der Waals surface area contributed by atoms with Gasteiger partial charge in [-0.1, -0.05) is 0 Å². The van der Waals surface area contributed by atoms with E-state index in [1.54, 1.807) is 0 Å². The Balaban J connectivity index is 3.55. The highest BCUT2D eigenvalue weighted by Gasteiger charge is 2.33. The number of rotatable bonds is 6. The summed E-state index contributed by atoms with van der Waals surface area (Å²) in [5, 5.41) is 30.9. The topological polar surface area (TPSA) is 144 Å². The number of non-ortho nitro benzene ring substituents is 1. The van der Waals surface area contributed by atoms with Crippen molar-refractivity contribution in [3.8, 4) is 0 Å². The zero-order chi connectivity index (χ0) is 17.0. The summed E-state index contributed by atoms with van der Waals surface area (Å²) in [6.07, 6.45) is 0. The van der Waals surface area contributed by atoms with Crippen molar-refractivity contribution in [2.24, 2.45) is 0 Å². The summed E-state index contributed by atoms with van der Waals surface area (Å²) in [5.41, 5.74) is -1.63. The van der Waals surface area contributed by atoms with Crippen LogP contribution in [0.15, 0.2) is 18.2 Å². The first kappa shape index (κ1) is 17.4. The molecule has 0 aliphatic heterocycles. The van der Waals surface area contributed by atoms with Crippen molar-refractivity contribution in [2.45, 2.75) is 13.0 Å². The Morgan fingerprint density at radius 2 is 1.91 bits per heavy atom. The number of carbonyl (C=O) groups excluding carboxylic acids is 1. The number of aliphatic carboxylic acids is 1. The Morgan fingerprint density at radius 3 is 2.27 bits per heavy atom. The molecule has 0 spiro atoms. The third-order valence-electron chi connectivity index (χ3n) is 2.73. The number of carboxylic acid groups (broad SMARTS) is 1. The second-order valence-electron chi connectivity index (χ2n) is 4.11. The Labute approximate surface area is 129 Å². The Morgan fingerprint density at radius 1 is 1.32 bits per heavy atom. The van der Waals surface area contributed by atoms with Gasteiger partial charge >= 0.3 is 5.97 Å². The highest BCUT2D eigenvalue weighted by atomic mass is 32.1. The van der Waals surface area contributed by atoms with Crippen molar-refractivity contribution in [3.05, 3.63) is 38.4 Å². The third-order valence-corrected chi connectivity index (χ3v) is 3.08. The molecule has 1 aromatic carbocycles. The molecule has 1 aromatic rings. The molecule has 0 aromatic heterocycles. The Hall–Kier alpha value is -2.69. The van der Waals surface area contributed by atoms with Gasteiger partial charge in [0, 0.05) is 18.7 Å². The van der Waals surface area contributed by atoms with Crippen LogP contribution in [0.2, 0.25) is 0 Å². The summed E-state index contributed by atoms with van der Waals surface area (Å²) >= 11 is 3.83. The molecule has 0 aliphatic rings. The number of nitro groups is 2. The highest BCUT2D eigenvalue weighted by Crippen LogP contribution is 2.33. The van der Waals surface area contributed by atoms with Crippen LogP contribution in [0, 0.1) is 20.2 Å². The molecule has 0 bridgehead atoms. The van der Waals surface area contributed by atoms with Crippen LogP contribution in [0.3, 0.4) is 0 Å². The number of thiol groups is 1. The van der Waals surface area contributed by atoms with Crippen molar-refractivity contribution < 1.29 is 24.5 Å². The van der Waals surface area contributed by atoms with Crippen LogP contribution in [0.1, 0.15) is 6.92 Å². The van der Waals surface area contributed by atoms with Crippen LogP contribution in [0.4, 0.5) is 17.1 Å². The van der Waals surface area contributed by atoms with Crippen LogP contribution in [0.5, 0.6) is 0 Å². The Bertz CT molecular complexity index is 649. The van der Waals surface area contributed by atoms with E-state index >= 15 is 0 Å². The summed E-state index contributed by atoms with van der Waals surface area (Å²) in [5.74, 6) is -2.46.